The standard InChI is InChI=1S/C13H17BrN2O/c1-15-7-4-8-16(10-9-15)13(17)11-5-2-3-6-12(11)14/h2-3,5-6H,4,7-10H2,1H3/p+1. The van der Waals surface area contributed by atoms with Crippen LogP contribution >= 0.6 is 15.9 Å². The van der Waals surface area contributed by atoms with Crippen LogP contribution in [-0.4, -0.2) is 44.0 Å². The molecule has 4 heteroatoms. The average molecular weight is 298 g/mol. The van der Waals surface area contributed by atoms with Crippen LogP contribution in [0.4, 0.5) is 0 Å². The molecule has 92 valence electrons. The van der Waals surface area contributed by atoms with Gasteiger partial charge in [0.25, 0.3) is 5.91 Å². The second kappa shape index (κ2) is 5.65. The molecule has 0 aliphatic carbocycles. The smallest absolute Gasteiger partial charge is 0.255 e. The van der Waals surface area contributed by atoms with Gasteiger partial charge in [0.15, 0.2) is 0 Å². The van der Waals surface area contributed by atoms with Crippen LogP contribution in [0.15, 0.2) is 28.7 Å². The maximum Gasteiger partial charge on any atom is 0.255 e. The zero-order valence-corrected chi connectivity index (χ0v) is 11.7. The second-order valence-electron chi connectivity index (χ2n) is 4.58. The van der Waals surface area contributed by atoms with Crippen LogP contribution in [0.2, 0.25) is 0 Å². The summed E-state index contributed by atoms with van der Waals surface area (Å²) in [7, 11) is 2.19. The van der Waals surface area contributed by atoms with Crippen molar-refractivity contribution in [3.05, 3.63) is 34.3 Å². The van der Waals surface area contributed by atoms with Crippen molar-refractivity contribution >= 4 is 21.8 Å². The fourth-order valence-electron chi connectivity index (χ4n) is 2.14. The van der Waals surface area contributed by atoms with E-state index in [-0.39, 0.29) is 5.91 Å². The van der Waals surface area contributed by atoms with E-state index >= 15 is 0 Å². The first-order valence-corrected chi connectivity index (χ1v) is 6.83. The number of nitrogens with zero attached hydrogens (tertiary/aromatic N) is 1. The molecule has 0 radical (unpaired) electrons. The van der Waals surface area contributed by atoms with E-state index < -0.39 is 0 Å². The third-order valence-electron chi connectivity index (χ3n) is 3.23. The lowest BCUT2D eigenvalue weighted by Crippen LogP contribution is -3.09. The van der Waals surface area contributed by atoms with Crippen molar-refractivity contribution in [3.8, 4) is 0 Å². The van der Waals surface area contributed by atoms with Gasteiger partial charge in [-0.2, -0.15) is 0 Å². The van der Waals surface area contributed by atoms with Gasteiger partial charge in [0.05, 0.1) is 32.2 Å². The molecule has 1 heterocycles. The van der Waals surface area contributed by atoms with Crippen LogP contribution in [0.25, 0.3) is 0 Å². The number of rotatable bonds is 1. The lowest BCUT2D eigenvalue weighted by molar-refractivity contribution is -0.877. The minimum absolute atomic E-state index is 0.146. The summed E-state index contributed by atoms with van der Waals surface area (Å²) in [5.41, 5.74) is 0.770. The van der Waals surface area contributed by atoms with Gasteiger partial charge in [-0.3, -0.25) is 4.79 Å². The van der Waals surface area contributed by atoms with Crippen molar-refractivity contribution in [2.75, 3.05) is 33.2 Å². The van der Waals surface area contributed by atoms with Gasteiger partial charge >= 0.3 is 0 Å². The van der Waals surface area contributed by atoms with E-state index in [0.717, 1.165) is 42.6 Å². The fourth-order valence-corrected chi connectivity index (χ4v) is 2.60. The highest BCUT2D eigenvalue weighted by molar-refractivity contribution is 9.10. The summed E-state index contributed by atoms with van der Waals surface area (Å²) in [6, 6.07) is 7.64. The van der Waals surface area contributed by atoms with Gasteiger partial charge in [0.2, 0.25) is 0 Å². The molecule has 0 bridgehead atoms. The molecule has 17 heavy (non-hydrogen) atoms. The first kappa shape index (κ1) is 12.6. The zero-order valence-electron chi connectivity index (χ0n) is 10.1. The number of benzene rings is 1. The predicted molar refractivity (Wildman–Crippen MR) is 71.3 cm³/mol. The third kappa shape index (κ3) is 3.07. The lowest BCUT2D eigenvalue weighted by atomic mass is 10.2. The number of amides is 1. The number of hydrogen-bond donors (Lipinski definition) is 1. The molecular formula is C13H18BrN2O+. The first-order chi connectivity index (χ1) is 8.18. The minimum atomic E-state index is 0.146. The molecule has 1 fully saturated rings. The summed E-state index contributed by atoms with van der Waals surface area (Å²) in [4.78, 5) is 15.8. The number of carbonyl (C=O) groups is 1. The maximum absolute atomic E-state index is 12.4. The lowest BCUT2D eigenvalue weighted by Gasteiger charge is -2.20. The van der Waals surface area contributed by atoms with E-state index in [1.54, 1.807) is 0 Å². The second-order valence-corrected chi connectivity index (χ2v) is 5.44. The summed E-state index contributed by atoms with van der Waals surface area (Å²) in [6.07, 6.45) is 1.09. The number of likely N-dealkylation sites (N-methyl/N-ethyl adjacent to an activating group) is 1. The van der Waals surface area contributed by atoms with Gasteiger partial charge in [-0.1, -0.05) is 12.1 Å². The largest absolute Gasteiger partial charge is 0.336 e. The summed E-state index contributed by atoms with van der Waals surface area (Å²) >= 11 is 3.44. The number of carbonyl (C=O) groups excluding carboxylic acids is 1. The molecule has 1 N–H and O–H groups in total. The van der Waals surface area contributed by atoms with Gasteiger partial charge in [0, 0.05) is 17.4 Å². The van der Waals surface area contributed by atoms with Crippen molar-refractivity contribution in [1.82, 2.24) is 4.90 Å². The summed E-state index contributed by atoms with van der Waals surface area (Å²) in [5.74, 6) is 0.146. The van der Waals surface area contributed by atoms with Gasteiger partial charge in [0.1, 0.15) is 0 Å². The van der Waals surface area contributed by atoms with Crippen LogP contribution in [0.5, 0.6) is 0 Å². The highest BCUT2D eigenvalue weighted by Gasteiger charge is 2.21. The Bertz CT molecular complexity index is 408. The maximum atomic E-state index is 12.4. The molecule has 1 unspecified atom stereocenters. The van der Waals surface area contributed by atoms with Crippen molar-refractivity contribution in [1.29, 1.82) is 0 Å². The molecule has 3 nitrogen and oxygen atoms in total. The van der Waals surface area contributed by atoms with Crippen LogP contribution in [0.1, 0.15) is 16.8 Å². The Morgan fingerprint density at radius 3 is 2.82 bits per heavy atom. The average Bonchev–Trinajstić information content (AvgIpc) is 2.54. The van der Waals surface area contributed by atoms with E-state index in [4.69, 9.17) is 0 Å². The van der Waals surface area contributed by atoms with Crippen molar-refractivity contribution in [2.45, 2.75) is 6.42 Å². The van der Waals surface area contributed by atoms with Crippen LogP contribution in [0.3, 0.4) is 0 Å². The molecule has 1 amide bonds. The van der Waals surface area contributed by atoms with Crippen LogP contribution in [-0.2, 0) is 0 Å². The number of quaternary nitrogens is 1. The molecule has 1 aliphatic heterocycles. The van der Waals surface area contributed by atoms with Crippen molar-refractivity contribution in [2.24, 2.45) is 0 Å². The Kier molecular flexibility index (Phi) is 4.18. The zero-order chi connectivity index (χ0) is 12.3. The van der Waals surface area contributed by atoms with Crippen LogP contribution in [0, 0.1) is 0 Å². The summed E-state index contributed by atoms with van der Waals surface area (Å²) in [5, 5.41) is 0. The summed E-state index contributed by atoms with van der Waals surface area (Å²) in [6.45, 7) is 3.92. The molecule has 0 aromatic heterocycles. The van der Waals surface area contributed by atoms with Crippen molar-refractivity contribution in [3.63, 3.8) is 0 Å². The normalized spacial score (nSPS) is 21.1. The fraction of sp³-hybridized carbons (Fsp3) is 0.462. The number of halogens is 1. The van der Waals surface area contributed by atoms with Gasteiger partial charge in [-0.15, -0.1) is 0 Å². The molecule has 1 atom stereocenters. The quantitative estimate of drug-likeness (QED) is 0.815. The molecule has 1 aromatic carbocycles. The van der Waals surface area contributed by atoms with E-state index in [0.29, 0.717) is 0 Å². The molecular weight excluding hydrogens is 280 g/mol. The third-order valence-corrected chi connectivity index (χ3v) is 3.92. The Labute approximate surface area is 111 Å². The number of hydrogen-bond acceptors (Lipinski definition) is 1. The van der Waals surface area contributed by atoms with E-state index in [1.165, 1.54) is 4.90 Å². The Balaban J connectivity index is 2.12. The number of nitrogens with one attached hydrogen (secondary N) is 1. The molecule has 1 aliphatic rings. The van der Waals surface area contributed by atoms with E-state index in [1.807, 2.05) is 29.2 Å². The van der Waals surface area contributed by atoms with Gasteiger partial charge < -0.3 is 9.80 Å². The highest BCUT2D eigenvalue weighted by Crippen LogP contribution is 2.18. The minimum Gasteiger partial charge on any atom is -0.336 e. The Morgan fingerprint density at radius 1 is 1.29 bits per heavy atom. The Hall–Kier alpha value is -0.870. The van der Waals surface area contributed by atoms with E-state index in [9.17, 15) is 4.79 Å². The predicted octanol–water partition coefficient (Wildman–Crippen LogP) is 0.810. The monoisotopic (exact) mass is 297 g/mol. The van der Waals surface area contributed by atoms with Gasteiger partial charge in [-0.05, 0) is 28.1 Å². The topological polar surface area (TPSA) is 24.8 Å². The first-order valence-electron chi connectivity index (χ1n) is 6.03. The summed E-state index contributed by atoms with van der Waals surface area (Å²) < 4.78 is 0.884. The molecule has 0 spiro atoms. The van der Waals surface area contributed by atoms with Crippen LogP contribution < -0.4 is 4.90 Å². The molecule has 0 saturated carbocycles. The SMILES string of the molecule is C[NH+]1CCCN(C(=O)c2ccccc2Br)CC1. The molecule has 2 rings (SSSR count). The highest BCUT2D eigenvalue weighted by atomic mass is 79.9. The van der Waals surface area contributed by atoms with Gasteiger partial charge in [-0.25, -0.2) is 0 Å². The van der Waals surface area contributed by atoms with E-state index in [2.05, 4.69) is 23.0 Å². The van der Waals surface area contributed by atoms with Crippen molar-refractivity contribution < 1.29 is 9.69 Å². The molecule has 1 saturated heterocycles. The molecule has 1 aromatic rings. The Morgan fingerprint density at radius 2 is 2.06 bits per heavy atom.